The highest BCUT2D eigenvalue weighted by molar-refractivity contribution is 6.01. The number of aliphatic carboxylic acids is 2. The van der Waals surface area contributed by atoms with Crippen molar-refractivity contribution in [2.75, 3.05) is 13.2 Å². The van der Waals surface area contributed by atoms with E-state index >= 15 is 0 Å². The Morgan fingerprint density at radius 2 is 0.958 bits per heavy atom. The number of benzene rings is 1. The highest BCUT2D eigenvalue weighted by Gasteiger charge is 2.13. The molecule has 0 aliphatic carbocycles. The van der Waals surface area contributed by atoms with Gasteiger partial charge in [-0.1, -0.05) is 12.1 Å². The van der Waals surface area contributed by atoms with Gasteiger partial charge in [0.2, 0.25) is 0 Å². The van der Waals surface area contributed by atoms with Gasteiger partial charge in [-0.15, -0.1) is 0 Å². The summed E-state index contributed by atoms with van der Waals surface area (Å²) in [6.07, 6.45) is -0.593. The Bertz CT molecular complexity index is 503. The zero-order chi connectivity index (χ0) is 19.1. The SMILES string of the molecule is O=C(O)CCC(=O)O.O=C(O)c1ccccc1C(=O)O.OCCO. The van der Waals surface area contributed by atoms with Gasteiger partial charge in [0.25, 0.3) is 0 Å². The fourth-order valence-corrected chi connectivity index (χ4v) is 1.07. The van der Waals surface area contributed by atoms with Crippen molar-refractivity contribution >= 4 is 23.9 Å². The van der Waals surface area contributed by atoms with E-state index in [-0.39, 0.29) is 37.2 Å². The van der Waals surface area contributed by atoms with Crippen molar-refractivity contribution in [1.29, 1.82) is 0 Å². The van der Waals surface area contributed by atoms with Crippen molar-refractivity contribution in [2.24, 2.45) is 0 Å². The molecule has 0 radical (unpaired) electrons. The molecule has 0 aliphatic rings. The summed E-state index contributed by atoms with van der Waals surface area (Å²) in [5.74, 6) is -4.61. The van der Waals surface area contributed by atoms with Crippen LogP contribution in [-0.4, -0.2) is 67.7 Å². The van der Waals surface area contributed by atoms with Crippen LogP contribution in [0.4, 0.5) is 0 Å². The number of hydrogen-bond donors (Lipinski definition) is 6. The first-order valence-electron chi connectivity index (χ1n) is 6.38. The van der Waals surface area contributed by atoms with Gasteiger partial charge >= 0.3 is 23.9 Å². The molecule has 0 heterocycles. The normalized spacial score (nSPS) is 8.75. The van der Waals surface area contributed by atoms with Gasteiger partial charge in [0.15, 0.2) is 0 Å². The Morgan fingerprint density at radius 1 is 0.667 bits per heavy atom. The number of carboxylic acids is 4. The van der Waals surface area contributed by atoms with Crippen LogP contribution in [0, 0.1) is 0 Å². The minimum absolute atomic E-state index is 0.125. The maximum atomic E-state index is 10.5. The van der Waals surface area contributed by atoms with E-state index in [2.05, 4.69) is 0 Å². The standard InChI is InChI=1S/C8H6O4.C4H6O4.C2H6O2/c9-7(10)5-3-1-2-4-6(5)8(11)12;5-3(6)1-2-4(7)8;3-1-2-4/h1-4H,(H,9,10)(H,11,12);1-2H2,(H,5,6)(H,7,8);3-4H,1-2H2. The summed E-state index contributed by atoms with van der Waals surface area (Å²) >= 11 is 0. The first-order chi connectivity index (χ1) is 11.2. The lowest BCUT2D eigenvalue weighted by atomic mass is 10.1. The number of carboxylic acid groups (broad SMARTS) is 4. The van der Waals surface area contributed by atoms with Crippen molar-refractivity contribution in [3.05, 3.63) is 35.4 Å². The van der Waals surface area contributed by atoms with Gasteiger partial charge < -0.3 is 30.6 Å². The summed E-state index contributed by atoms with van der Waals surface area (Å²) in [6.45, 7) is -0.250. The van der Waals surface area contributed by atoms with E-state index in [1.165, 1.54) is 24.3 Å². The number of aliphatic hydroxyl groups excluding tert-OH is 2. The Balaban J connectivity index is 0. The van der Waals surface area contributed by atoms with Crippen LogP contribution < -0.4 is 0 Å². The second kappa shape index (κ2) is 13.7. The van der Waals surface area contributed by atoms with E-state index in [1.54, 1.807) is 0 Å². The molecular weight excluding hydrogens is 328 g/mol. The minimum atomic E-state index is -1.23. The Kier molecular flexibility index (Phi) is 13.3. The molecule has 24 heavy (non-hydrogen) atoms. The number of aliphatic hydroxyl groups is 2. The van der Waals surface area contributed by atoms with Crippen LogP contribution in [0.25, 0.3) is 0 Å². The van der Waals surface area contributed by atoms with Crippen molar-refractivity contribution in [2.45, 2.75) is 12.8 Å². The molecule has 0 aliphatic heterocycles. The molecule has 0 saturated heterocycles. The molecule has 134 valence electrons. The van der Waals surface area contributed by atoms with Crippen molar-refractivity contribution in [3.63, 3.8) is 0 Å². The van der Waals surface area contributed by atoms with Crippen molar-refractivity contribution in [1.82, 2.24) is 0 Å². The van der Waals surface area contributed by atoms with Gasteiger partial charge in [-0.2, -0.15) is 0 Å². The van der Waals surface area contributed by atoms with E-state index in [0.29, 0.717) is 0 Å². The van der Waals surface area contributed by atoms with Crippen molar-refractivity contribution < 1.29 is 49.8 Å². The number of rotatable bonds is 6. The zero-order valence-corrected chi connectivity index (χ0v) is 12.5. The molecule has 0 unspecified atom stereocenters. The first-order valence-corrected chi connectivity index (χ1v) is 6.38. The van der Waals surface area contributed by atoms with Gasteiger partial charge in [0.1, 0.15) is 0 Å². The average molecular weight is 346 g/mol. The van der Waals surface area contributed by atoms with Crippen LogP contribution in [0.15, 0.2) is 24.3 Å². The molecule has 0 saturated carbocycles. The van der Waals surface area contributed by atoms with Gasteiger partial charge in [-0.05, 0) is 12.1 Å². The van der Waals surface area contributed by atoms with E-state index in [0.717, 1.165) is 0 Å². The summed E-state index contributed by atoms with van der Waals surface area (Å²) in [6, 6.07) is 5.48. The molecule has 1 rings (SSSR count). The van der Waals surface area contributed by atoms with E-state index in [1.807, 2.05) is 0 Å². The summed E-state index contributed by atoms with van der Waals surface area (Å²) in [4.78, 5) is 40.2. The summed E-state index contributed by atoms with van der Waals surface area (Å²) in [5.41, 5.74) is -0.380. The molecule has 6 N–H and O–H groups in total. The van der Waals surface area contributed by atoms with Crippen LogP contribution in [0.2, 0.25) is 0 Å². The van der Waals surface area contributed by atoms with Gasteiger partial charge in [0, 0.05) is 0 Å². The third-order valence-corrected chi connectivity index (χ3v) is 2.04. The maximum absolute atomic E-state index is 10.5. The van der Waals surface area contributed by atoms with Gasteiger partial charge in [-0.3, -0.25) is 9.59 Å². The molecule has 0 aromatic heterocycles. The molecular formula is C14H18O10. The lowest BCUT2D eigenvalue weighted by Gasteiger charge is -1.98. The summed E-state index contributed by atoms with van der Waals surface area (Å²) in [5, 5.41) is 48.2. The smallest absolute Gasteiger partial charge is 0.336 e. The Morgan fingerprint density at radius 3 is 1.12 bits per heavy atom. The fourth-order valence-electron chi connectivity index (χ4n) is 1.07. The van der Waals surface area contributed by atoms with Crippen LogP contribution in [0.3, 0.4) is 0 Å². The van der Waals surface area contributed by atoms with Crippen LogP contribution in [0.1, 0.15) is 33.6 Å². The van der Waals surface area contributed by atoms with Crippen LogP contribution in [-0.2, 0) is 9.59 Å². The topological polar surface area (TPSA) is 190 Å². The highest BCUT2D eigenvalue weighted by atomic mass is 16.4. The molecule has 0 atom stereocenters. The lowest BCUT2D eigenvalue weighted by Crippen LogP contribution is -2.06. The predicted molar refractivity (Wildman–Crippen MR) is 79.0 cm³/mol. The molecule has 1 aromatic carbocycles. The number of carbonyl (C=O) groups is 4. The van der Waals surface area contributed by atoms with Crippen LogP contribution >= 0.6 is 0 Å². The molecule has 1 aromatic rings. The summed E-state index contributed by atoms with van der Waals surface area (Å²) in [7, 11) is 0. The fraction of sp³-hybridized carbons (Fsp3) is 0.286. The third kappa shape index (κ3) is 12.7. The third-order valence-electron chi connectivity index (χ3n) is 2.04. The number of aromatic carboxylic acids is 2. The Labute approximate surface area is 136 Å². The zero-order valence-electron chi connectivity index (χ0n) is 12.5. The molecule has 10 heteroatoms. The Hall–Kier alpha value is -2.98. The lowest BCUT2D eigenvalue weighted by molar-refractivity contribution is -0.143. The highest BCUT2D eigenvalue weighted by Crippen LogP contribution is 2.07. The predicted octanol–water partition coefficient (Wildman–Crippen LogP) is -0.0102. The summed E-state index contributed by atoms with van der Waals surface area (Å²) < 4.78 is 0. The van der Waals surface area contributed by atoms with Crippen LogP contribution in [0.5, 0.6) is 0 Å². The quantitative estimate of drug-likeness (QED) is 0.408. The first kappa shape index (κ1) is 23.3. The van der Waals surface area contributed by atoms with Gasteiger partial charge in [-0.25, -0.2) is 9.59 Å². The van der Waals surface area contributed by atoms with Crippen molar-refractivity contribution in [3.8, 4) is 0 Å². The molecule has 0 spiro atoms. The number of hydrogen-bond acceptors (Lipinski definition) is 6. The second-order valence-corrected chi connectivity index (χ2v) is 3.89. The molecule has 10 nitrogen and oxygen atoms in total. The minimum Gasteiger partial charge on any atom is -0.481 e. The molecule has 0 fully saturated rings. The van der Waals surface area contributed by atoms with Gasteiger partial charge in [0.05, 0.1) is 37.2 Å². The largest absolute Gasteiger partial charge is 0.481 e. The van der Waals surface area contributed by atoms with E-state index in [9.17, 15) is 19.2 Å². The van der Waals surface area contributed by atoms with E-state index < -0.39 is 23.9 Å². The molecule has 0 amide bonds. The maximum Gasteiger partial charge on any atom is 0.336 e. The monoisotopic (exact) mass is 346 g/mol. The second-order valence-electron chi connectivity index (χ2n) is 3.89. The van der Waals surface area contributed by atoms with E-state index in [4.69, 9.17) is 30.6 Å². The average Bonchev–Trinajstić information content (AvgIpc) is 2.53. The molecule has 0 bridgehead atoms.